The summed E-state index contributed by atoms with van der Waals surface area (Å²) < 4.78 is 9.40. The topological polar surface area (TPSA) is 21.3 Å². The zero-order valence-corrected chi connectivity index (χ0v) is 28.3. The Morgan fingerprint density at radius 2 is 1.29 bits per heavy atom. The Kier molecular flexibility index (Phi) is 5.36. The van der Waals surface area contributed by atoms with E-state index in [1.54, 1.807) is 0 Å². The Bertz CT molecular complexity index is 2660. The molecule has 0 aliphatic carbocycles. The second kappa shape index (κ2) is 9.23. The summed E-state index contributed by atoms with van der Waals surface area (Å²) in [4.78, 5) is 2.57. The number of fused-ring (bicyclic) bond motifs is 11. The van der Waals surface area contributed by atoms with E-state index in [-0.39, 0.29) is 17.7 Å². The van der Waals surface area contributed by atoms with Crippen LogP contribution in [0.3, 0.4) is 0 Å². The van der Waals surface area contributed by atoms with Crippen LogP contribution in [-0.4, -0.2) is 11.3 Å². The van der Waals surface area contributed by atoms with E-state index in [9.17, 15) is 0 Å². The molecule has 4 heteroatoms. The maximum atomic E-state index is 6.76. The largest absolute Gasteiger partial charge is 0.456 e. The minimum Gasteiger partial charge on any atom is -0.456 e. The molecule has 2 aliphatic heterocycles. The van der Waals surface area contributed by atoms with Gasteiger partial charge in [-0.2, -0.15) is 0 Å². The highest BCUT2D eigenvalue weighted by Crippen LogP contribution is 2.50. The molecule has 0 spiro atoms. The second-order valence-electron chi connectivity index (χ2n) is 15.8. The van der Waals surface area contributed by atoms with Crippen LogP contribution >= 0.6 is 0 Å². The first kappa shape index (κ1) is 27.9. The minimum atomic E-state index is -0.0136. The maximum absolute atomic E-state index is 6.76. The van der Waals surface area contributed by atoms with Gasteiger partial charge in [0.1, 0.15) is 11.2 Å². The molecule has 0 fully saturated rings. The molecule has 4 heterocycles. The zero-order chi connectivity index (χ0) is 32.7. The Labute approximate surface area is 281 Å². The fraction of sp³-hybridized carbons (Fsp3) is 0.182. The molecule has 8 aromatic rings. The van der Waals surface area contributed by atoms with E-state index in [1.807, 2.05) is 0 Å². The van der Waals surface area contributed by atoms with Crippen LogP contribution in [0.4, 0.5) is 17.1 Å². The molecular formula is C44H37BN2O. The number of aromatic nitrogens is 1. The fourth-order valence-electron chi connectivity index (χ4n) is 8.51. The van der Waals surface area contributed by atoms with E-state index in [0.29, 0.717) is 0 Å². The van der Waals surface area contributed by atoms with Crippen molar-refractivity contribution in [3.05, 3.63) is 126 Å². The van der Waals surface area contributed by atoms with E-state index >= 15 is 0 Å². The number of nitrogens with zero attached hydrogens (tertiary/aromatic N) is 2. The van der Waals surface area contributed by atoms with Gasteiger partial charge in [-0.3, -0.25) is 0 Å². The predicted molar refractivity (Wildman–Crippen MR) is 205 cm³/mol. The predicted octanol–water partition coefficient (Wildman–Crippen LogP) is 10.7. The van der Waals surface area contributed by atoms with Crippen LogP contribution in [0, 0.1) is 0 Å². The van der Waals surface area contributed by atoms with Crippen LogP contribution in [0.25, 0.3) is 54.9 Å². The molecule has 0 atom stereocenters. The molecule has 6 aromatic carbocycles. The van der Waals surface area contributed by atoms with Gasteiger partial charge in [0.25, 0.3) is 0 Å². The number of anilines is 3. The molecule has 3 nitrogen and oxygen atoms in total. The molecule has 0 unspecified atom stereocenters. The third-order valence-corrected chi connectivity index (χ3v) is 10.9. The van der Waals surface area contributed by atoms with E-state index in [1.165, 1.54) is 77.4 Å². The monoisotopic (exact) mass is 620 g/mol. The molecule has 48 heavy (non-hydrogen) atoms. The number of hydrogen-bond acceptors (Lipinski definition) is 2. The van der Waals surface area contributed by atoms with Crippen molar-refractivity contribution >= 4 is 78.6 Å². The lowest BCUT2D eigenvalue weighted by molar-refractivity contribution is 0.590. The van der Waals surface area contributed by atoms with Crippen LogP contribution in [0.15, 0.2) is 120 Å². The summed E-state index contributed by atoms with van der Waals surface area (Å²) in [7, 11) is 0. The third kappa shape index (κ3) is 3.61. The molecule has 0 saturated carbocycles. The van der Waals surface area contributed by atoms with Gasteiger partial charge in [-0.05, 0) is 74.8 Å². The Morgan fingerprint density at radius 3 is 2.10 bits per heavy atom. The van der Waals surface area contributed by atoms with Gasteiger partial charge in [-0.25, -0.2) is 0 Å². The first-order valence-corrected chi connectivity index (χ1v) is 17.1. The van der Waals surface area contributed by atoms with Crippen LogP contribution < -0.4 is 15.8 Å². The van der Waals surface area contributed by atoms with Gasteiger partial charge < -0.3 is 13.8 Å². The summed E-state index contributed by atoms with van der Waals surface area (Å²) in [5.41, 5.74) is 15.9. The quantitative estimate of drug-likeness (QED) is 0.170. The third-order valence-electron chi connectivity index (χ3n) is 10.9. The van der Waals surface area contributed by atoms with E-state index in [2.05, 4.69) is 166 Å². The van der Waals surface area contributed by atoms with Crippen LogP contribution in [-0.2, 0) is 10.8 Å². The van der Waals surface area contributed by atoms with E-state index in [4.69, 9.17) is 4.42 Å². The van der Waals surface area contributed by atoms with Gasteiger partial charge in [0, 0.05) is 44.1 Å². The van der Waals surface area contributed by atoms with Crippen molar-refractivity contribution in [3.8, 4) is 11.1 Å². The Morgan fingerprint density at radius 1 is 0.583 bits per heavy atom. The smallest absolute Gasteiger partial charge is 0.333 e. The maximum Gasteiger partial charge on any atom is 0.333 e. The Hall–Kier alpha value is -5.22. The van der Waals surface area contributed by atoms with Gasteiger partial charge in [0.2, 0.25) is 0 Å². The molecule has 10 rings (SSSR count). The fourth-order valence-corrected chi connectivity index (χ4v) is 8.51. The summed E-state index contributed by atoms with van der Waals surface area (Å²) in [5.74, 6) is 0. The normalized spacial score (nSPS) is 14.0. The average molecular weight is 621 g/mol. The molecule has 0 saturated heterocycles. The van der Waals surface area contributed by atoms with Crippen molar-refractivity contribution in [2.45, 2.75) is 52.4 Å². The molecule has 232 valence electrons. The lowest BCUT2D eigenvalue weighted by Gasteiger charge is -2.41. The summed E-state index contributed by atoms with van der Waals surface area (Å²) in [5, 5.41) is 4.92. The second-order valence-corrected chi connectivity index (χ2v) is 15.8. The molecule has 0 radical (unpaired) electrons. The van der Waals surface area contributed by atoms with Crippen molar-refractivity contribution in [1.29, 1.82) is 0 Å². The number of benzene rings is 6. The van der Waals surface area contributed by atoms with Crippen molar-refractivity contribution in [2.24, 2.45) is 0 Å². The highest BCUT2D eigenvalue weighted by molar-refractivity contribution is 6.90. The highest BCUT2D eigenvalue weighted by Gasteiger charge is 2.44. The van der Waals surface area contributed by atoms with Gasteiger partial charge in [-0.1, -0.05) is 120 Å². The molecule has 0 amide bonds. The summed E-state index contributed by atoms with van der Waals surface area (Å²) >= 11 is 0. The summed E-state index contributed by atoms with van der Waals surface area (Å²) in [6.07, 6.45) is 0. The lowest BCUT2D eigenvalue weighted by atomic mass is 9.44. The summed E-state index contributed by atoms with van der Waals surface area (Å²) in [6, 6.07) is 43.1. The van der Waals surface area contributed by atoms with Crippen LogP contribution in [0.1, 0.15) is 52.7 Å². The van der Waals surface area contributed by atoms with Crippen molar-refractivity contribution in [3.63, 3.8) is 0 Å². The lowest BCUT2D eigenvalue weighted by Crippen LogP contribution is -2.56. The van der Waals surface area contributed by atoms with Crippen molar-refractivity contribution in [1.82, 2.24) is 4.48 Å². The Balaban J connectivity index is 1.44. The molecule has 2 aromatic heterocycles. The van der Waals surface area contributed by atoms with E-state index < -0.39 is 0 Å². The van der Waals surface area contributed by atoms with Gasteiger partial charge >= 0.3 is 6.85 Å². The van der Waals surface area contributed by atoms with Crippen LogP contribution in [0.2, 0.25) is 0 Å². The first-order valence-electron chi connectivity index (χ1n) is 17.1. The van der Waals surface area contributed by atoms with E-state index in [0.717, 1.165) is 16.6 Å². The number of furan rings is 1. The SMILES string of the molecule is CC(C)(C)c1cccc(N2c3cc(C(C)(C)C)ccc3B3c4c(cc5oc6ccccc6c5c42)-c2cccc4c5ccccc5n3c24)c1. The van der Waals surface area contributed by atoms with Crippen LogP contribution in [0.5, 0.6) is 0 Å². The van der Waals surface area contributed by atoms with Crippen molar-refractivity contribution < 1.29 is 4.42 Å². The van der Waals surface area contributed by atoms with Gasteiger partial charge in [-0.15, -0.1) is 0 Å². The minimum absolute atomic E-state index is 0.00331. The molecular weight excluding hydrogens is 583 g/mol. The van der Waals surface area contributed by atoms with Gasteiger partial charge in [0.05, 0.1) is 11.1 Å². The molecule has 0 N–H and O–H groups in total. The number of hydrogen-bond donors (Lipinski definition) is 0. The number of rotatable bonds is 1. The number of para-hydroxylation sites is 3. The first-order chi connectivity index (χ1) is 23.1. The molecule has 2 aliphatic rings. The molecule has 0 bridgehead atoms. The highest BCUT2D eigenvalue weighted by atomic mass is 16.3. The van der Waals surface area contributed by atoms with Crippen molar-refractivity contribution in [2.75, 3.05) is 4.90 Å². The summed E-state index contributed by atoms with van der Waals surface area (Å²) in [6.45, 7) is 13.8. The zero-order valence-electron chi connectivity index (χ0n) is 28.3. The van der Waals surface area contributed by atoms with Gasteiger partial charge in [0.15, 0.2) is 0 Å². The standard InChI is InChI=1S/C44H37BN2O/c1-43(2,3)26-13-11-14-28(23-26)46-36-24-27(44(4,5)6)21-22-34(36)45-40-33(25-38-39(42(40)46)32-16-8-10-20-37(32)48-38)31-18-12-17-30-29-15-7-9-19-35(29)47(45)41(30)31/h7-25H,1-6H3. The average Bonchev–Trinajstić information content (AvgIpc) is 3.62.